The van der Waals surface area contributed by atoms with Crippen molar-refractivity contribution in [1.29, 1.82) is 0 Å². The Morgan fingerprint density at radius 1 is 1.00 bits per heavy atom. The number of aromatic nitrogens is 1. The molecule has 0 unspecified atom stereocenters. The summed E-state index contributed by atoms with van der Waals surface area (Å²) >= 11 is 0. The molecule has 0 amide bonds. The molecule has 134 valence electrons. The summed E-state index contributed by atoms with van der Waals surface area (Å²) in [5.74, 6) is -0.242. The average molecular weight is 355 g/mol. The molecule has 3 heteroatoms. The first-order valence-electron chi connectivity index (χ1n) is 9.21. The Bertz CT molecular complexity index is 1020. The Morgan fingerprint density at radius 2 is 1.63 bits per heavy atom. The molecule has 0 aliphatic heterocycles. The van der Waals surface area contributed by atoms with E-state index in [1.165, 1.54) is 0 Å². The lowest BCUT2D eigenvalue weighted by atomic mass is 9.94. The van der Waals surface area contributed by atoms with Crippen molar-refractivity contribution >= 4 is 11.5 Å². The van der Waals surface area contributed by atoms with E-state index in [0.717, 1.165) is 39.2 Å². The number of fused-ring (bicyclic) bond motifs is 1. The van der Waals surface area contributed by atoms with Crippen LogP contribution in [0.1, 0.15) is 25.1 Å². The molecule has 1 aliphatic carbocycles. The maximum atomic E-state index is 12.4. The van der Waals surface area contributed by atoms with E-state index in [4.69, 9.17) is 9.72 Å². The van der Waals surface area contributed by atoms with Gasteiger partial charge in [-0.25, -0.2) is 4.79 Å². The summed E-state index contributed by atoms with van der Waals surface area (Å²) in [6, 6.07) is 22.5. The number of allylic oxidation sites excluding steroid dienone is 1. The number of nitrogens with zero attached hydrogens (tertiary/aromatic N) is 1. The summed E-state index contributed by atoms with van der Waals surface area (Å²) in [4.78, 5) is 17.3. The second kappa shape index (κ2) is 7.20. The number of carbonyl (C=O) groups is 1. The normalized spacial score (nSPS) is 12.8. The molecule has 0 bridgehead atoms. The molecule has 0 saturated heterocycles. The van der Waals surface area contributed by atoms with Gasteiger partial charge in [0.05, 0.1) is 18.0 Å². The van der Waals surface area contributed by atoms with E-state index in [1.54, 1.807) is 0 Å². The number of hydrogen-bond donors (Lipinski definition) is 0. The molecule has 0 N–H and O–H groups in total. The van der Waals surface area contributed by atoms with E-state index in [1.807, 2.05) is 50.2 Å². The molecule has 4 rings (SSSR count). The highest BCUT2D eigenvalue weighted by Gasteiger charge is 2.29. The quantitative estimate of drug-likeness (QED) is 0.596. The van der Waals surface area contributed by atoms with Gasteiger partial charge < -0.3 is 4.74 Å². The minimum absolute atomic E-state index is 0.242. The maximum absolute atomic E-state index is 12.4. The van der Waals surface area contributed by atoms with Gasteiger partial charge in [0.2, 0.25) is 0 Å². The van der Waals surface area contributed by atoms with Gasteiger partial charge in [0, 0.05) is 23.1 Å². The SMILES string of the molecule is CCOC(=O)C1=C(C)c2c(-c3ccccc3)cc(-c3ccccc3)nc2C1. The van der Waals surface area contributed by atoms with Crippen LogP contribution in [0.15, 0.2) is 72.3 Å². The van der Waals surface area contributed by atoms with Gasteiger partial charge in [0.25, 0.3) is 0 Å². The Hall–Kier alpha value is -3.20. The molecule has 0 spiro atoms. The molecule has 3 nitrogen and oxygen atoms in total. The first-order valence-corrected chi connectivity index (χ1v) is 9.21. The fourth-order valence-electron chi connectivity index (χ4n) is 3.64. The van der Waals surface area contributed by atoms with Crippen molar-refractivity contribution in [2.75, 3.05) is 6.61 Å². The Labute approximate surface area is 159 Å². The Balaban J connectivity index is 1.91. The lowest BCUT2D eigenvalue weighted by Crippen LogP contribution is -2.08. The van der Waals surface area contributed by atoms with Crippen LogP contribution in [0.2, 0.25) is 0 Å². The van der Waals surface area contributed by atoms with Gasteiger partial charge >= 0.3 is 5.97 Å². The van der Waals surface area contributed by atoms with Crippen LogP contribution in [0.3, 0.4) is 0 Å². The standard InChI is InChI=1S/C24H21NO2/c1-3-27-24(26)19-14-22-23(16(19)2)20(17-10-6-4-7-11-17)15-21(25-22)18-12-8-5-9-13-18/h4-13,15H,3,14H2,1-2H3. The average Bonchev–Trinajstić information content (AvgIpc) is 3.05. The fraction of sp³-hybridized carbons (Fsp3) is 0.167. The molecule has 0 radical (unpaired) electrons. The summed E-state index contributed by atoms with van der Waals surface area (Å²) < 4.78 is 5.26. The van der Waals surface area contributed by atoms with Crippen LogP contribution in [-0.2, 0) is 16.0 Å². The molecule has 0 atom stereocenters. The molecule has 3 aromatic rings. The van der Waals surface area contributed by atoms with Crippen molar-refractivity contribution < 1.29 is 9.53 Å². The van der Waals surface area contributed by atoms with E-state index in [0.29, 0.717) is 18.6 Å². The summed E-state index contributed by atoms with van der Waals surface area (Å²) in [5, 5.41) is 0. The maximum Gasteiger partial charge on any atom is 0.334 e. The van der Waals surface area contributed by atoms with E-state index in [2.05, 4.69) is 30.3 Å². The Kier molecular flexibility index (Phi) is 4.59. The minimum Gasteiger partial charge on any atom is -0.463 e. The zero-order chi connectivity index (χ0) is 18.8. The van der Waals surface area contributed by atoms with Crippen molar-refractivity contribution in [3.63, 3.8) is 0 Å². The predicted molar refractivity (Wildman–Crippen MR) is 108 cm³/mol. The van der Waals surface area contributed by atoms with Crippen LogP contribution >= 0.6 is 0 Å². The number of benzene rings is 2. The Morgan fingerprint density at radius 3 is 2.26 bits per heavy atom. The molecular weight excluding hydrogens is 334 g/mol. The van der Waals surface area contributed by atoms with E-state index in [-0.39, 0.29) is 5.97 Å². The predicted octanol–water partition coefficient (Wildman–Crippen LogP) is 5.31. The van der Waals surface area contributed by atoms with Crippen molar-refractivity contribution in [3.05, 3.63) is 83.6 Å². The highest BCUT2D eigenvalue weighted by molar-refractivity contribution is 6.03. The minimum atomic E-state index is -0.242. The van der Waals surface area contributed by atoms with E-state index in [9.17, 15) is 4.79 Å². The van der Waals surface area contributed by atoms with Gasteiger partial charge in [-0.2, -0.15) is 0 Å². The lowest BCUT2D eigenvalue weighted by Gasteiger charge is -2.13. The van der Waals surface area contributed by atoms with Crippen LogP contribution in [0.25, 0.3) is 28.0 Å². The van der Waals surface area contributed by atoms with Crippen LogP contribution in [-0.4, -0.2) is 17.6 Å². The van der Waals surface area contributed by atoms with Gasteiger partial charge in [-0.1, -0.05) is 60.7 Å². The first kappa shape index (κ1) is 17.2. The molecule has 2 aromatic carbocycles. The zero-order valence-corrected chi connectivity index (χ0v) is 15.5. The van der Waals surface area contributed by atoms with Gasteiger partial charge in [-0.3, -0.25) is 4.98 Å². The topological polar surface area (TPSA) is 39.2 Å². The fourth-order valence-corrected chi connectivity index (χ4v) is 3.64. The van der Waals surface area contributed by atoms with Gasteiger partial charge in [-0.15, -0.1) is 0 Å². The zero-order valence-electron chi connectivity index (χ0n) is 15.5. The van der Waals surface area contributed by atoms with Crippen LogP contribution in [0.5, 0.6) is 0 Å². The summed E-state index contributed by atoms with van der Waals surface area (Å²) in [6.45, 7) is 4.20. The molecule has 27 heavy (non-hydrogen) atoms. The second-order valence-corrected chi connectivity index (χ2v) is 6.61. The van der Waals surface area contributed by atoms with Gasteiger partial charge in [-0.05, 0) is 36.6 Å². The van der Waals surface area contributed by atoms with Crippen LogP contribution in [0.4, 0.5) is 0 Å². The summed E-state index contributed by atoms with van der Waals surface area (Å²) in [6.07, 6.45) is 0.514. The second-order valence-electron chi connectivity index (χ2n) is 6.61. The first-order chi connectivity index (χ1) is 13.2. The number of hydrogen-bond acceptors (Lipinski definition) is 3. The molecule has 1 aliphatic rings. The number of ether oxygens (including phenoxy) is 1. The van der Waals surface area contributed by atoms with Crippen LogP contribution in [0, 0.1) is 0 Å². The van der Waals surface area contributed by atoms with Gasteiger partial charge in [0.1, 0.15) is 0 Å². The molecule has 1 heterocycles. The molecular formula is C24H21NO2. The monoisotopic (exact) mass is 355 g/mol. The highest BCUT2D eigenvalue weighted by atomic mass is 16.5. The number of pyridine rings is 1. The molecule has 1 aromatic heterocycles. The van der Waals surface area contributed by atoms with Crippen LogP contribution < -0.4 is 0 Å². The third-order valence-electron chi connectivity index (χ3n) is 4.94. The molecule has 0 fully saturated rings. The lowest BCUT2D eigenvalue weighted by molar-refractivity contribution is -0.138. The van der Waals surface area contributed by atoms with Gasteiger partial charge in [0.15, 0.2) is 0 Å². The molecule has 0 saturated carbocycles. The third-order valence-corrected chi connectivity index (χ3v) is 4.94. The number of esters is 1. The highest BCUT2D eigenvalue weighted by Crippen LogP contribution is 2.40. The van der Waals surface area contributed by atoms with Crippen molar-refractivity contribution in [3.8, 4) is 22.4 Å². The number of carbonyl (C=O) groups excluding carboxylic acids is 1. The van der Waals surface area contributed by atoms with Crippen molar-refractivity contribution in [1.82, 2.24) is 4.98 Å². The summed E-state index contributed by atoms with van der Waals surface area (Å²) in [7, 11) is 0. The van der Waals surface area contributed by atoms with Crippen molar-refractivity contribution in [2.45, 2.75) is 20.3 Å². The smallest absolute Gasteiger partial charge is 0.334 e. The van der Waals surface area contributed by atoms with E-state index >= 15 is 0 Å². The van der Waals surface area contributed by atoms with Crippen molar-refractivity contribution in [2.24, 2.45) is 0 Å². The largest absolute Gasteiger partial charge is 0.463 e. The van der Waals surface area contributed by atoms with E-state index < -0.39 is 0 Å². The summed E-state index contributed by atoms with van der Waals surface area (Å²) in [5.41, 5.74) is 7.90. The third kappa shape index (κ3) is 3.17. The number of rotatable bonds is 4.